The summed E-state index contributed by atoms with van der Waals surface area (Å²) in [5.41, 5.74) is 1.43. The molecule has 0 saturated carbocycles. The van der Waals surface area contributed by atoms with E-state index in [1.807, 2.05) is 32.0 Å². The van der Waals surface area contributed by atoms with Gasteiger partial charge >= 0.3 is 11.9 Å². The number of nitrogens with zero attached hydrogens (tertiary/aromatic N) is 1. The van der Waals surface area contributed by atoms with Crippen molar-refractivity contribution < 1.29 is 19.1 Å². The fourth-order valence-corrected chi connectivity index (χ4v) is 1.17. The Morgan fingerprint density at radius 3 is 1.84 bits per heavy atom. The molecule has 0 fully saturated rings. The summed E-state index contributed by atoms with van der Waals surface area (Å²) < 4.78 is 9.13. The van der Waals surface area contributed by atoms with Gasteiger partial charge in [-0.15, -0.1) is 0 Å². The van der Waals surface area contributed by atoms with Crippen molar-refractivity contribution in [3.05, 3.63) is 35.1 Å². The van der Waals surface area contributed by atoms with E-state index in [0.29, 0.717) is 5.57 Å². The lowest BCUT2D eigenvalue weighted by molar-refractivity contribution is -0.144. The van der Waals surface area contributed by atoms with Gasteiger partial charge in [0.25, 0.3) is 0 Å². The number of rotatable bonds is 5. The van der Waals surface area contributed by atoms with Crippen molar-refractivity contribution in [2.24, 2.45) is 0 Å². The van der Waals surface area contributed by atoms with Crippen LogP contribution in [0.3, 0.4) is 0 Å². The van der Waals surface area contributed by atoms with E-state index >= 15 is 0 Å². The molecule has 0 radical (unpaired) electrons. The quantitative estimate of drug-likeness (QED) is 0.249. The standard InChI is InChI=1S/C14H21NO4/c1-10(8-7-9-11(2)15(3)4)12(13(16)18-5)14(17)19-6/h7-9H,1-6H3/b8-7+,11-9+. The van der Waals surface area contributed by atoms with Crippen LogP contribution in [0.5, 0.6) is 0 Å². The van der Waals surface area contributed by atoms with Gasteiger partial charge in [0, 0.05) is 19.8 Å². The Kier molecular flexibility index (Phi) is 7.26. The highest BCUT2D eigenvalue weighted by molar-refractivity contribution is 6.15. The third-order valence-corrected chi connectivity index (χ3v) is 2.56. The van der Waals surface area contributed by atoms with Crippen LogP contribution in [-0.4, -0.2) is 45.2 Å². The molecule has 0 aromatic carbocycles. The van der Waals surface area contributed by atoms with Gasteiger partial charge in [0.05, 0.1) is 14.2 Å². The molecule has 0 amide bonds. The second-order valence-electron chi connectivity index (χ2n) is 4.10. The van der Waals surface area contributed by atoms with Crippen molar-refractivity contribution in [3.8, 4) is 0 Å². The van der Waals surface area contributed by atoms with Crippen molar-refractivity contribution in [2.75, 3.05) is 28.3 Å². The van der Waals surface area contributed by atoms with Crippen LogP contribution < -0.4 is 0 Å². The highest BCUT2D eigenvalue weighted by atomic mass is 16.5. The van der Waals surface area contributed by atoms with E-state index in [1.165, 1.54) is 14.2 Å². The Hall–Kier alpha value is -2.04. The van der Waals surface area contributed by atoms with Crippen molar-refractivity contribution in [3.63, 3.8) is 0 Å². The molecule has 0 aromatic rings. The van der Waals surface area contributed by atoms with Crippen LogP contribution >= 0.6 is 0 Å². The zero-order valence-corrected chi connectivity index (χ0v) is 12.3. The average Bonchev–Trinajstić information content (AvgIpc) is 2.37. The predicted molar refractivity (Wildman–Crippen MR) is 73.3 cm³/mol. The molecule has 0 bridgehead atoms. The number of esters is 2. The molecule has 19 heavy (non-hydrogen) atoms. The van der Waals surface area contributed by atoms with Gasteiger partial charge in [-0.2, -0.15) is 0 Å². The van der Waals surface area contributed by atoms with E-state index in [4.69, 9.17) is 0 Å². The van der Waals surface area contributed by atoms with Gasteiger partial charge in [0.1, 0.15) is 5.57 Å². The highest BCUT2D eigenvalue weighted by Crippen LogP contribution is 2.10. The van der Waals surface area contributed by atoms with Gasteiger partial charge in [-0.25, -0.2) is 9.59 Å². The molecule has 5 nitrogen and oxygen atoms in total. The second-order valence-corrected chi connectivity index (χ2v) is 4.10. The fraction of sp³-hybridized carbons (Fsp3) is 0.429. The molecule has 0 aromatic heterocycles. The molecule has 0 atom stereocenters. The van der Waals surface area contributed by atoms with E-state index in [0.717, 1.165) is 5.70 Å². The van der Waals surface area contributed by atoms with Crippen LogP contribution in [0.2, 0.25) is 0 Å². The highest BCUT2D eigenvalue weighted by Gasteiger charge is 2.21. The summed E-state index contributed by atoms with van der Waals surface area (Å²) in [5, 5.41) is 0. The van der Waals surface area contributed by atoms with Crippen LogP contribution in [0.1, 0.15) is 13.8 Å². The summed E-state index contributed by atoms with van der Waals surface area (Å²) in [5.74, 6) is -1.41. The molecular formula is C14H21NO4. The molecule has 5 heteroatoms. The SMILES string of the molecule is COC(=O)C(C(=O)OC)=C(C)/C=C/C=C(\C)N(C)C. The van der Waals surface area contributed by atoms with Crippen LogP contribution in [0.4, 0.5) is 0 Å². The van der Waals surface area contributed by atoms with Gasteiger partial charge in [0.15, 0.2) is 0 Å². The maximum atomic E-state index is 11.5. The normalized spacial score (nSPS) is 11.2. The zero-order valence-electron chi connectivity index (χ0n) is 12.3. The minimum absolute atomic E-state index is 0.0999. The molecule has 106 valence electrons. The van der Waals surface area contributed by atoms with Crippen molar-refractivity contribution >= 4 is 11.9 Å². The summed E-state index contributed by atoms with van der Waals surface area (Å²) in [6, 6.07) is 0. The molecule has 0 N–H and O–H groups in total. The first-order chi connectivity index (χ1) is 8.84. The Morgan fingerprint density at radius 2 is 1.47 bits per heavy atom. The van der Waals surface area contributed by atoms with Crippen molar-refractivity contribution in [1.82, 2.24) is 4.90 Å². The lowest BCUT2D eigenvalue weighted by Gasteiger charge is -2.11. The number of allylic oxidation sites excluding steroid dienone is 5. The Morgan fingerprint density at radius 1 is 1.00 bits per heavy atom. The first-order valence-electron chi connectivity index (χ1n) is 5.75. The van der Waals surface area contributed by atoms with E-state index in [9.17, 15) is 9.59 Å². The van der Waals surface area contributed by atoms with Gasteiger partial charge in [-0.1, -0.05) is 12.2 Å². The maximum Gasteiger partial charge on any atom is 0.345 e. The van der Waals surface area contributed by atoms with E-state index in [1.54, 1.807) is 19.1 Å². The number of methoxy groups -OCH3 is 2. The van der Waals surface area contributed by atoms with E-state index in [-0.39, 0.29) is 5.57 Å². The number of carbonyl (C=O) groups excluding carboxylic acids is 2. The molecule has 0 saturated heterocycles. The number of ether oxygens (including phenoxy) is 2. The molecule has 0 aliphatic carbocycles. The van der Waals surface area contributed by atoms with Gasteiger partial charge in [-0.05, 0) is 25.5 Å². The van der Waals surface area contributed by atoms with Crippen LogP contribution in [0.25, 0.3) is 0 Å². The first kappa shape index (κ1) is 17.0. The van der Waals surface area contributed by atoms with Gasteiger partial charge < -0.3 is 14.4 Å². The molecule has 0 heterocycles. The van der Waals surface area contributed by atoms with Crippen molar-refractivity contribution in [2.45, 2.75) is 13.8 Å². The summed E-state index contributed by atoms with van der Waals surface area (Å²) in [6.07, 6.45) is 5.29. The smallest absolute Gasteiger partial charge is 0.345 e. The lowest BCUT2D eigenvalue weighted by Crippen LogP contribution is -2.17. The number of hydrogen-bond donors (Lipinski definition) is 0. The summed E-state index contributed by atoms with van der Waals surface area (Å²) in [6.45, 7) is 3.60. The third kappa shape index (κ3) is 5.42. The van der Waals surface area contributed by atoms with Crippen LogP contribution in [0, 0.1) is 0 Å². The summed E-state index contributed by atoms with van der Waals surface area (Å²) in [4.78, 5) is 25.0. The largest absolute Gasteiger partial charge is 0.465 e. The molecule has 0 rings (SSSR count). The third-order valence-electron chi connectivity index (χ3n) is 2.56. The number of hydrogen-bond acceptors (Lipinski definition) is 5. The first-order valence-corrected chi connectivity index (χ1v) is 5.75. The fourth-order valence-electron chi connectivity index (χ4n) is 1.17. The predicted octanol–water partition coefficient (Wildman–Crippen LogP) is 1.67. The van der Waals surface area contributed by atoms with Gasteiger partial charge in [-0.3, -0.25) is 0 Å². The van der Waals surface area contributed by atoms with Crippen LogP contribution in [-0.2, 0) is 19.1 Å². The summed E-state index contributed by atoms with van der Waals surface area (Å²) in [7, 11) is 6.30. The zero-order chi connectivity index (χ0) is 15.0. The minimum Gasteiger partial charge on any atom is -0.465 e. The molecule has 0 aliphatic heterocycles. The van der Waals surface area contributed by atoms with Gasteiger partial charge in [0.2, 0.25) is 0 Å². The number of carbonyl (C=O) groups is 2. The molecular weight excluding hydrogens is 246 g/mol. The Labute approximate surface area is 114 Å². The maximum absolute atomic E-state index is 11.5. The molecule has 0 unspecified atom stereocenters. The lowest BCUT2D eigenvalue weighted by atomic mass is 10.1. The minimum atomic E-state index is -0.706. The van der Waals surface area contributed by atoms with Crippen LogP contribution in [0.15, 0.2) is 35.1 Å². The van der Waals surface area contributed by atoms with E-state index in [2.05, 4.69) is 9.47 Å². The van der Waals surface area contributed by atoms with Crippen molar-refractivity contribution in [1.29, 1.82) is 0 Å². The topological polar surface area (TPSA) is 55.8 Å². The monoisotopic (exact) mass is 267 g/mol. The average molecular weight is 267 g/mol. The molecule has 0 aliphatic rings. The Balaban J connectivity index is 5.27. The second kappa shape index (κ2) is 8.13. The summed E-state index contributed by atoms with van der Waals surface area (Å²) >= 11 is 0. The van der Waals surface area contributed by atoms with E-state index < -0.39 is 11.9 Å². The Bertz CT molecular complexity index is 413. The molecule has 0 spiro atoms.